The predicted octanol–water partition coefficient (Wildman–Crippen LogP) is 2.62. The zero-order valence-electron chi connectivity index (χ0n) is 42.3. The Balaban J connectivity index is 1.46. The van der Waals surface area contributed by atoms with Crippen molar-refractivity contribution in [3.05, 3.63) is 89.5 Å². The van der Waals surface area contributed by atoms with Crippen molar-refractivity contribution in [1.29, 1.82) is 0 Å². The van der Waals surface area contributed by atoms with E-state index in [1.165, 1.54) is 48.5 Å². The summed E-state index contributed by atoms with van der Waals surface area (Å²) in [6.07, 6.45) is 2.47. The van der Waals surface area contributed by atoms with Crippen LogP contribution in [0.5, 0.6) is 0 Å². The molecule has 0 fully saturated rings. The number of hydrogen-bond donors (Lipinski definition) is 9. The monoisotopic (exact) mass is 1110 g/mol. The summed E-state index contributed by atoms with van der Waals surface area (Å²) in [5.74, 6) is 3.34. The van der Waals surface area contributed by atoms with E-state index in [1.54, 1.807) is 24.3 Å². The van der Waals surface area contributed by atoms with Crippen molar-refractivity contribution in [2.24, 2.45) is 5.90 Å². The van der Waals surface area contributed by atoms with Crippen LogP contribution in [-0.4, -0.2) is 136 Å². The standard InChI is InChI=1S/C48H71N9O15S3/c1-47(2,3)57-48(32-68-29-21-42(59)50-24-5-4-8-41(58)35-13-19-40(20-14-35)73-72-71-49,33-69-30-22-43(60)51-25-6-27-53-45(62)36-9-15-38(16-10-36)55-74(64)65)34-70-31-23-44(61)52-26-7-28-54-46(63)37-11-17-39(18-12-37)56-75(66)67/h9-20,55-57H,4-8,21-34,49H2,1-3H3,(H,50,59)(H,51,60)(H,52,61)(H,53,62)(H,54,63)(H,64,65)(H,66,67)/p-2. The molecule has 0 aliphatic rings. The Morgan fingerprint density at radius 2 is 0.920 bits per heavy atom. The quantitative estimate of drug-likeness (QED) is 0.00990. The van der Waals surface area contributed by atoms with Gasteiger partial charge in [0.1, 0.15) is 0 Å². The minimum atomic E-state index is -2.48. The third-order valence-corrected chi connectivity index (χ3v) is 11.7. The van der Waals surface area contributed by atoms with E-state index in [9.17, 15) is 46.3 Å². The Morgan fingerprint density at radius 3 is 1.31 bits per heavy atom. The van der Waals surface area contributed by atoms with Gasteiger partial charge in [-0.1, -0.05) is 12.1 Å². The Labute approximate surface area is 446 Å². The van der Waals surface area contributed by atoms with Crippen LogP contribution < -0.4 is 47.2 Å². The zero-order chi connectivity index (χ0) is 54.9. The summed E-state index contributed by atoms with van der Waals surface area (Å²) in [7, 11) is 0. The summed E-state index contributed by atoms with van der Waals surface area (Å²) < 4.78 is 70.4. The van der Waals surface area contributed by atoms with Crippen molar-refractivity contribution >= 4 is 81.3 Å². The molecule has 75 heavy (non-hydrogen) atoms. The molecule has 0 bridgehead atoms. The second-order valence-corrected chi connectivity index (χ2v) is 19.9. The van der Waals surface area contributed by atoms with Gasteiger partial charge in [-0.25, -0.2) is 0 Å². The van der Waals surface area contributed by atoms with Gasteiger partial charge in [0, 0.05) is 119 Å². The number of unbranched alkanes of at least 4 members (excludes halogenated alkanes) is 1. The summed E-state index contributed by atoms with van der Waals surface area (Å²) in [5, 5.41) is 17.5. The van der Waals surface area contributed by atoms with E-state index in [-0.39, 0.29) is 120 Å². The van der Waals surface area contributed by atoms with Crippen LogP contribution in [0.3, 0.4) is 0 Å². The summed E-state index contributed by atoms with van der Waals surface area (Å²) in [4.78, 5) is 80.5. The highest BCUT2D eigenvalue weighted by Gasteiger charge is 2.35. The molecular weight excluding hydrogens is 1040 g/mol. The lowest BCUT2D eigenvalue weighted by Crippen LogP contribution is -2.62. The highest BCUT2D eigenvalue weighted by Crippen LogP contribution is 2.20. The molecule has 3 aromatic rings. The van der Waals surface area contributed by atoms with Crippen LogP contribution in [0.4, 0.5) is 11.4 Å². The van der Waals surface area contributed by atoms with Gasteiger partial charge in [0.25, 0.3) is 11.8 Å². The van der Waals surface area contributed by atoms with E-state index in [0.717, 1.165) is 12.0 Å². The number of carbonyl (C=O) groups is 6. The molecule has 0 saturated carbocycles. The van der Waals surface area contributed by atoms with E-state index in [0.29, 0.717) is 71.6 Å². The molecule has 3 aromatic carbocycles. The number of ether oxygens (including phenoxy) is 3. The van der Waals surface area contributed by atoms with Crippen LogP contribution in [0.2, 0.25) is 0 Å². The van der Waals surface area contributed by atoms with Crippen LogP contribution in [-0.2, 0) is 60.4 Å². The van der Waals surface area contributed by atoms with Gasteiger partial charge in [-0.15, -0.1) is 9.32 Å². The molecule has 2 unspecified atom stereocenters. The Bertz CT molecular complexity index is 2170. The highest BCUT2D eigenvalue weighted by atomic mass is 32.2. The number of nitrogens with two attached hydrogens (primary N) is 1. The molecule has 0 saturated heterocycles. The SMILES string of the molecule is CC(C)(C)NC(COCCC(=O)NCCCCC(=O)c1ccc(SOON)cc1)(COCCC(=O)NCCCNC(=O)c1ccc(NS(=O)[O-])cc1)COCCC(=O)NCCCNC(=O)c1ccc(NS(=O)[O-])cc1. The molecule has 24 nitrogen and oxygen atoms in total. The van der Waals surface area contributed by atoms with Gasteiger partial charge >= 0.3 is 0 Å². The predicted molar refractivity (Wildman–Crippen MR) is 280 cm³/mol. The molecule has 10 N–H and O–H groups in total. The van der Waals surface area contributed by atoms with Crippen LogP contribution in [0, 0.1) is 0 Å². The van der Waals surface area contributed by atoms with Crippen molar-refractivity contribution in [2.75, 3.05) is 81.8 Å². The van der Waals surface area contributed by atoms with Crippen LogP contribution in [0.25, 0.3) is 0 Å². The largest absolute Gasteiger partial charge is 0.755 e. The van der Waals surface area contributed by atoms with Gasteiger partial charge in [-0.3, -0.25) is 37.2 Å². The number of rotatable bonds is 39. The molecule has 0 radical (unpaired) electrons. The average molecular weight is 1110 g/mol. The van der Waals surface area contributed by atoms with Gasteiger partial charge in [-0.2, -0.15) is 5.90 Å². The Kier molecular flexibility index (Phi) is 30.4. The maximum Gasteiger partial charge on any atom is 0.251 e. The van der Waals surface area contributed by atoms with Gasteiger partial charge < -0.3 is 64.7 Å². The van der Waals surface area contributed by atoms with Crippen molar-refractivity contribution in [3.63, 3.8) is 0 Å². The normalized spacial score (nSPS) is 12.9. The van der Waals surface area contributed by atoms with Gasteiger partial charge in [0.15, 0.2) is 5.78 Å². The average Bonchev–Trinajstić information content (AvgIpc) is 3.36. The summed E-state index contributed by atoms with van der Waals surface area (Å²) >= 11 is -4.05. The molecule has 0 heterocycles. The third-order valence-electron chi connectivity index (χ3n) is 10.3. The Morgan fingerprint density at radius 1 is 0.533 bits per heavy atom. The number of benzene rings is 3. The van der Waals surface area contributed by atoms with Crippen molar-refractivity contribution in [2.45, 2.75) is 88.1 Å². The van der Waals surface area contributed by atoms with Crippen LogP contribution in [0.15, 0.2) is 77.7 Å². The molecule has 3 rings (SSSR count). The molecular formula is C48H69N9O15S3-2. The van der Waals surface area contributed by atoms with Crippen molar-refractivity contribution < 1.29 is 69.8 Å². The molecule has 5 amide bonds. The number of ketones is 1. The number of amides is 5. The molecule has 0 spiro atoms. The maximum atomic E-state index is 12.7. The second-order valence-electron chi connectivity index (χ2n) is 17.8. The Hall–Kier alpha value is -5.43. The molecule has 27 heteroatoms. The molecule has 0 aliphatic carbocycles. The minimum Gasteiger partial charge on any atom is -0.755 e. The maximum absolute atomic E-state index is 12.7. The minimum absolute atomic E-state index is 0.0266. The van der Waals surface area contributed by atoms with E-state index < -0.39 is 33.6 Å². The van der Waals surface area contributed by atoms with Gasteiger partial charge in [0.2, 0.25) is 17.7 Å². The molecule has 0 aliphatic heterocycles. The number of anilines is 2. The zero-order valence-corrected chi connectivity index (χ0v) is 44.7. The molecule has 416 valence electrons. The summed E-state index contributed by atoms with van der Waals surface area (Å²) in [6.45, 7) is 7.58. The fraction of sp³-hybridized carbons (Fsp3) is 0.500. The third kappa shape index (κ3) is 28.9. The lowest BCUT2D eigenvalue weighted by molar-refractivity contribution is -0.195. The van der Waals surface area contributed by atoms with E-state index in [4.69, 9.17) is 20.1 Å². The van der Waals surface area contributed by atoms with Crippen LogP contribution in [0.1, 0.15) is 103 Å². The van der Waals surface area contributed by atoms with Crippen molar-refractivity contribution in [1.82, 2.24) is 31.9 Å². The van der Waals surface area contributed by atoms with E-state index >= 15 is 0 Å². The first-order valence-corrected chi connectivity index (χ1v) is 26.9. The van der Waals surface area contributed by atoms with E-state index in [1.807, 2.05) is 20.8 Å². The molecule has 2 atom stereocenters. The number of nitrogens with one attached hydrogen (secondary N) is 8. The fourth-order valence-corrected chi connectivity index (χ4v) is 7.96. The molecule has 0 aromatic heterocycles. The number of Topliss-reactive ketones (excluding diaryl/α,β-unsaturated/α-hetero) is 1. The van der Waals surface area contributed by atoms with E-state index in [2.05, 4.69) is 50.7 Å². The first kappa shape index (κ1) is 63.9. The first-order chi connectivity index (χ1) is 35.9. The smallest absolute Gasteiger partial charge is 0.251 e. The van der Waals surface area contributed by atoms with Crippen molar-refractivity contribution in [3.8, 4) is 0 Å². The highest BCUT2D eigenvalue weighted by molar-refractivity contribution is 7.94. The summed E-state index contributed by atoms with van der Waals surface area (Å²) in [6, 6.07) is 18.6. The topological polar surface area (TPSA) is 351 Å². The second kappa shape index (κ2) is 35.8. The summed E-state index contributed by atoms with van der Waals surface area (Å²) in [5.41, 5.74) is 0.388. The number of hydrogen-bond acceptors (Lipinski definition) is 18. The van der Waals surface area contributed by atoms with Gasteiger partial charge in [-0.05, 0) is 107 Å². The van der Waals surface area contributed by atoms with Crippen LogP contribution >= 0.6 is 12.0 Å². The lowest BCUT2D eigenvalue weighted by atomic mass is 9.97. The number of carbonyl (C=O) groups excluding carboxylic acids is 6. The lowest BCUT2D eigenvalue weighted by Gasteiger charge is -2.40. The first-order valence-electron chi connectivity index (χ1n) is 24.0. The van der Waals surface area contributed by atoms with Gasteiger partial charge in [0.05, 0.1) is 57.2 Å². The fourth-order valence-electron chi connectivity index (χ4n) is 6.94.